The van der Waals surface area contributed by atoms with Crippen LogP contribution in [0.5, 0.6) is 0 Å². The van der Waals surface area contributed by atoms with Gasteiger partial charge in [-0.1, -0.05) is 12.1 Å². The van der Waals surface area contributed by atoms with Gasteiger partial charge in [0.05, 0.1) is 12.0 Å². The van der Waals surface area contributed by atoms with Gasteiger partial charge in [0.25, 0.3) is 0 Å². The molecule has 1 unspecified atom stereocenters. The zero-order valence-electron chi connectivity index (χ0n) is 11.7. The standard InChI is InChI=1S/C13H19N3O4/c1-3-13(11(17)18)4-5-16(8-13)12(19)14-7-10-6-9(2)20-15-10/h6H,3-5,7-8H2,1-2H3,(H,14,19)(H,17,18). The maximum atomic E-state index is 12.0. The number of likely N-dealkylation sites (tertiary alicyclic amines) is 1. The van der Waals surface area contributed by atoms with Crippen molar-refractivity contribution in [2.45, 2.75) is 33.2 Å². The lowest BCUT2D eigenvalue weighted by Gasteiger charge is -2.23. The molecule has 1 saturated heterocycles. The number of rotatable bonds is 4. The Balaban J connectivity index is 1.90. The Bertz CT molecular complexity index is 513. The van der Waals surface area contributed by atoms with E-state index in [1.165, 1.54) is 0 Å². The Morgan fingerprint density at radius 1 is 1.60 bits per heavy atom. The van der Waals surface area contributed by atoms with Crippen LogP contribution in [0, 0.1) is 12.3 Å². The number of carbonyl (C=O) groups excluding carboxylic acids is 1. The molecule has 0 radical (unpaired) electrons. The van der Waals surface area contributed by atoms with Crippen LogP contribution in [0.1, 0.15) is 31.2 Å². The van der Waals surface area contributed by atoms with E-state index in [4.69, 9.17) is 4.52 Å². The number of carbonyl (C=O) groups is 2. The van der Waals surface area contributed by atoms with Crippen molar-refractivity contribution in [2.75, 3.05) is 13.1 Å². The highest BCUT2D eigenvalue weighted by Crippen LogP contribution is 2.34. The summed E-state index contributed by atoms with van der Waals surface area (Å²) in [5, 5.41) is 15.8. The zero-order chi connectivity index (χ0) is 14.8. The minimum Gasteiger partial charge on any atom is -0.481 e. The first-order valence-corrected chi connectivity index (χ1v) is 6.65. The van der Waals surface area contributed by atoms with Crippen LogP contribution < -0.4 is 5.32 Å². The van der Waals surface area contributed by atoms with E-state index in [2.05, 4.69) is 10.5 Å². The highest BCUT2D eigenvalue weighted by molar-refractivity contribution is 5.79. The van der Waals surface area contributed by atoms with Crippen molar-refractivity contribution in [1.29, 1.82) is 0 Å². The number of nitrogens with zero attached hydrogens (tertiary/aromatic N) is 2. The fourth-order valence-electron chi connectivity index (χ4n) is 2.44. The molecule has 2 rings (SSSR count). The Morgan fingerprint density at radius 3 is 2.85 bits per heavy atom. The minimum atomic E-state index is -0.831. The lowest BCUT2D eigenvalue weighted by Crippen LogP contribution is -2.41. The predicted molar refractivity (Wildman–Crippen MR) is 70.0 cm³/mol. The van der Waals surface area contributed by atoms with Crippen LogP contribution in [0.3, 0.4) is 0 Å². The third kappa shape index (κ3) is 2.76. The van der Waals surface area contributed by atoms with Gasteiger partial charge in [0.1, 0.15) is 11.5 Å². The van der Waals surface area contributed by atoms with Gasteiger partial charge >= 0.3 is 12.0 Å². The molecule has 1 atom stereocenters. The number of nitrogens with one attached hydrogen (secondary N) is 1. The van der Waals surface area contributed by atoms with E-state index in [0.717, 1.165) is 0 Å². The number of aromatic nitrogens is 1. The third-order valence-corrected chi connectivity index (χ3v) is 3.87. The summed E-state index contributed by atoms with van der Waals surface area (Å²) in [6, 6.07) is 1.49. The molecule has 0 saturated carbocycles. The average molecular weight is 281 g/mol. The van der Waals surface area contributed by atoms with Gasteiger partial charge in [-0.05, 0) is 19.8 Å². The maximum Gasteiger partial charge on any atom is 0.317 e. The van der Waals surface area contributed by atoms with Crippen molar-refractivity contribution in [3.8, 4) is 0 Å². The molecule has 20 heavy (non-hydrogen) atoms. The van der Waals surface area contributed by atoms with Crippen molar-refractivity contribution in [3.63, 3.8) is 0 Å². The Labute approximate surface area is 116 Å². The van der Waals surface area contributed by atoms with Gasteiger partial charge in [-0.15, -0.1) is 0 Å². The molecule has 1 aliphatic heterocycles. The lowest BCUT2D eigenvalue weighted by atomic mass is 9.84. The SMILES string of the molecule is CCC1(C(=O)O)CCN(C(=O)NCc2cc(C)on2)C1. The molecule has 7 heteroatoms. The maximum absolute atomic E-state index is 12.0. The molecule has 0 bridgehead atoms. The predicted octanol–water partition coefficient (Wildman–Crippen LogP) is 1.38. The quantitative estimate of drug-likeness (QED) is 0.869. The van der Waals surface area contributed by atoms with Crippen molar-refractivity contribution in [3.05, 3.63) is 17.5 Å². The average Bonchev–Trinajstić information content (AvgIpc) is 3.03. The summed E-state index contributed by atoms with van der Waals surface area (Å²) < 4.78 is 4.91. The van der Waals surface area contributed by atoms with Crippen LogP contribution in [0.2, 0.25) is 0 Å². The zero-order valence-corrected chi connectivity index (χ0v) is 11.7. The minimum absolute atomic E-state index is 0.252. The summed E-state index contributed by atoms with van der Waals surface area (Å²) in [4.78, 5) is 24.9. The van der Waals surface area contributed by atoms with Gasteiger partial charge in [0.2, 0.25) is 0 Å². The summed E-state index contributed by atoms with van der Waals surface area (Å²) in [6.07, 6.45) is 1.02. The fourth-order valence-corrected chi connectivity index (χ4v) is 2.44. The molecule has 0 spiro atoms. The summed E-state index contributed by atoms with van der Waals surface area (Å²) in [7, 11) is 0. The van der Waals surface area contributed by atoms with Crippen LogP contribution in [0.4, 0.5) is 4.79 Å². The van der Waals surface area contributed by atoms with Crippen LogP contribution in [0.25, 0.3) is 0 Å². The summed E-state index contributed by atoms with van der Waals surface area (Å²) in [5.74, 6) is -0.145. The molecular formula is C13H19N3O4. The van der Waals surface area contributed by atoms with E-state index in [0.29, 0.717) is 30.8 Å². The second kappa shape index (κ2) is 5.52. The third-order valence-electron chi connectivity index (χ3n) is 3.87. The first-order chi connectivity index (χ1) is 9.47. The molecule has 7 nitrogen and oxygen atoms in total. The highest BCUT2D eigenvalue weighted by atomic mass is 16.5. The van der Waals surface area contributed by atoms with E-state index >= 15 is 0 Å². The Hall–Kier alpha value is -2.05. The number of urea groups is 1. The van der Waals surface area contributed by atoms with E-state index in [9.17, 15) is 14.7 Å². The number of aryl methyl sites for hydroxylation is 1. The normalized spacial score (nSPS) is 22.0. The van der Waals surface area contributed by atoms with E-state index < -0.39 is 11.4 Å². The largest absolute Gasteiger partial charge is 0.481 e. The number of aliphatic carboxylic acids is 1. The molecule has 0 aliphatic carbocycles. The van der Waals surface area contributed by atoms with Crippen molar-refractivity contribution in [2.24, 2.45) is 5.41 Å². The molecule has 2 N–H and O–H groups in total. The van der Waals surface area contributed by atoms with Crippen LogP contribution in [-0.2, 0) is 11.3 Å². The summed E-state index contributed by atoms with van der Waals surface area (Å²) in [6.45, 7) is 4.61. The molecule has 2 amide bonds. The van der Waals surface area contributed by atoms with Gasteiger partial charge in [-0.25, -0.2) is 4.79 Å². The topological polar surface area (TPSA) is 95.7 Å². The lowest BCUT2D eigenvalue weighted by molar-refractivity contribution is -0.148. The molecule has 2 heterocycles. The van der Waals surface area contributed by atoms with E-state index in [1.54, 1.807) is 17.9 Å². The van der Waals surface area contributed by atoms with Crippen LogP contribution in [-0.4, -0.2) is 40.3 Å². The molecule has 0 aromatic carbocycles. The molecule has 1 aliphatic rings. The molecule has 110 valence electrons. The molecule has 1 aromatic rings. The second-order valence-corrected chi connectivity index (χ2v) is 5.20. The number of carboxylic acid groups (broad SMARTS) is 1. The monoisotopic (exact) mass is 281 g/mol. The number of amides is 2. The second-order valence-electron chi connectivity index (χ2n) is 5.20. The number of hydrogen-bond donors (Lipinski definition) is 2. The van der Waals surface area contributed by atoms with E-state index in [-0.39, 0.29) is 19.1 Å². The summed E-state index contributed by atoms with van der Waals surface area (Å²) >= 11 is 0. The Kier molecular flexibility index (Phi) is 3.96. The van der Waals surface area contributed by atoms with Gasteiger partial charge in [-0.2, -0.15) is 0 Å². The van der Waals surface area contributed by atoms with Crippen molar-refractivity contribution >= 4 is 12.0 Å². The molecule has 1 aromatic heterocycles. The number of hydrogen-bond acceptors (Lipinski definition) is 4. The van der Waals surface area contributed by atoms with Crippen LogP contribution in [0.15, 0.2) is 10.6 Å². The van der Waals surface area contributed by atoms with Gasteiger partial charge in [-0.3, -0.25) is 4.79 Å². The Morgan fingerprint density at radius 2 is 2.35 bits per heavy atom. The van der Waals surface area contributed by atoms with Crippen molar-refractivity contribution < 1.29 is 19.2 Å². The van der Waals surface area contributed by atoms with E-state index in [1.807, 2.05) is 6.92 Å². The fraction of sp³-hybridized carbons (Fsp3) is 0.615. The van der Waals surface area contributed by atoms with Gasteiger partial charge in [0.15, 0.2) is 0 Å². The van der Waals surface area contributed by atoms with Crippen molar-refractivity contribution in [1.82, 2.24) is 15.4 Å². The number of carboxylic acids is 1. The van der Waals surface area contributed by atoms with Crippen LogP contribution >= 0.6 is 0 Å². The first-order valence-electron chi connectivity index (χ1n) is 6.65. The molecular weight excluding hydrogens is 262 g/mol. The van der Waals surface area contributed by atoms with Gasteiger partial charge < -0.3 is 19.8 Å². The smallest absolute Gasteiger partial charge is 0.317 e. The highest BCUT2D eigenvalue weighted by Gasteiger charge is 2.44. The summed E-state index contributed by atoms with van der Waals surface area (Å²) in [5.41, 5.74) is -0.156. The van der Waals surface area contributed by atoms with Gasteiger partial charge in [0, 0.05) is 19.2 Å². The molecule has 1 fully saturated rings. The first kappa shape index (κ1) is 14.4.